The van der Waals surface area contributed by atoms with Gasteiger partial charge in [0.25, 0.3) is 5.91 Å². The normalized spacial score (nSPS) is 10.0. The van der Waals surface area contributed by atoms with Gasteiger partial charge in [0.05, 0.1) is 0 Å². The van der Waals surface area contributed by atoms with Crippen LogP contribution in [0.1, 0.15) is 62.7 Å². The Morgan fingerprint density at radius 3 is 2.17 bits per heavy atom. The second kappa shape index (κ2) is 10.4. The smallest absolute Gasteiger partial charge is 0.269 e. The monoisotopic (exact) mass is 319 g/mol. The summed E-state index contributed by atoms with van der Waals surface area (Å²) in [6.45, 7) is 3.56. The largest absolute Gasteiger partial charge is 0.326 e. The van der Waals surface area contributed by atoms with Crippen molar-refractivity contribution in [2.24, 2.45) is 0 Å². The molecule has 0 aliphatic carbocycles. The minimum Gasteiger partial charge on any atom is -0.326 e. The number of nitrogens with one attached hydrogen (secondary N) is 3. The highest BCUT2D eigenvalue weighted by atomic mass is 16.2. The molecule has 6 heteroatoms. The molecule has 6 nitrogen and oxygen atoms in total. The van der Waals surface area contributed by atoms with Crippen LogP contribution in [-0.4, -0.2) is 17.7 Å². The number of unbranched alkanes of at least 4 members (excludes halogenated alkanes) is 4. The van der Waals surface area contributed by atoms with Crippen LogP contribution >= 0.6 is 0 Å². The first-order valence-corrected chi connectivity index (χ1v) is 7.99. The minimum absolute atomic E-state index is 0.173. The van der Waals surface area contributed by atoms with Crippen LogP contribution in [0.5, 0.6) is 0 Å². The molecule has 0 aromatic heterocycles. The molecule has 1 rings (SSSR count). The van der Waals surface area contributed by atoms with E-state index in [0.717, 1.165) is 19.3 Å². The van der Waals surface area contributed by atoms with Crippen LogP contribution in [0.15, 0.2) is 24.3 Å². The molecule has 0 atom stereocenters. The second-order valence-corrected chi connectivity index (χ2v) is 5.43. The molecule has 0 bridgehead atoms. The molecule has 3 amide bonds. The molecule has 0 fully saturated rings. The molecule has 23 heavy (non-hydrogen) atoms. The Morgan fingerprint density at radius 2 is 1.57 bits per heavy atom. The summed E-state index contributed by atoms with van der Waals surface area (Å²) in [5, 5.41) is 2.62. The van der Waals surface area contributed by atoms with Crippen molar-refractivity contribution in [3.05, 3.63) is 29.8 Å². The van der Waals surface area contributed by atoms with E-state index in [0.29, 0.717) is 17.7 Å². The second-order valence-electron chi connectivity index (χ2n) is 5.43. The summed E-state index contributed by atoms with van der Waals surface area (Å²) in [5.41, 5.74) is 5.82. The molecular formula is C17H25N3O3. The number of hydrogen-bond acceptors (Lipinski definition) is 3. The zero-order chi connectivity index (χ0) is 17.1. The van der Waals surface area contributed by atoms with Crippen LogP contribution in [0.3, 0.4) is 0 Å². The van der Waals surface area contributed by atoms with E-state index in [2.05, 4.69) is 23.1 Å². The number of hydrogen-bond donors (Lipinski definition) is 3. The Hall–Kier alpha value is -2.37. The van der Waals surface area contributed by atoms with Crippen LogP contribution in [0.2, 0.25) is 0 Å². The van der Waals surface area contributed by atoms with Crippen molar-refractivity contribution in [3.63, 3.8) is 0 Å². The first-order chi connectivity index (χ1) is 11.0. The first kappa shape index (κ1) is 18.7. The van der Waals surface area contributed by atoms with E-state index in [1.54, 1.807) is 24.3 Å². The molecule has 126 valence electrons. The van der Waals surface area contributed by atoms with E-state index < -0.39 is 5.91 Å². The highest BCUT2D eigenvalue weighted by Crippen LogP contribution is 2.09. The van der Waals surface area contributed by atoms with Gasteiger partial charge >= 0.3 is 0 Å². The molecule has 0 saturated heterocycles. The van der Waals surface area contributed by atoms with Crippen LogP contribution < -0.4 is 16.2 Å². The molecule has 0 radical (unpaired) electrons. The zero-order valence-electron chi connectivity index (χ0n) is 13.8. The summed E-state index contributed by atoms with van der Waals surface area (Å²) in [5.74, 6) is -0.753. The quantitative estimate of drug-likeness (QED) is 0.508. The molecule has 1 aromatic carbocycles. The van der Waals surface area contributed by atoms with Gasteiger partial charge in [0.1, 0.15) is 0 Å². The summed E-state index contributed by atoms with van der Waals surface area (Å²) in [7, 11) is 0. The Morgan fingerprint density at radius 1 is 0.913 bits per heavy atom. The summed E-state index contributed by atoms with van der Waals surface area (Å²) in [6.07, 6.45) is 5.75. The molecule has 0 aliphatic heterocycles. The average Bonchev–Trinajstić information content (AvgIpc) is 2.52. The fourth-order valence-corrected chi connectivity index (χ4v) is 2.06. The van der Waals surface area contributed by atoms with Crippen LogP contribution in [0.25, 0.3) is 0 Å². The van der Waals surface area contributed by atoms with Gasteiger partial charge in [-0.25, -0.2) is 0 Å². The van der Waals surface area contributed by atoms with Gasteiger partial charge in [-0.2, -0.15) is 0 Å². The van der Waals surface area contributed by atoms with Gasteiger partial charge < -0.3 is 5.32 Å². The lowest BCUT2D eigenvalue weighted by Gasteiger charge is -2.08. The van der Waals surface area contributed by atoms with Crippen molar-refractivity contribution in [3.8, 4) is 0 Å². The van der Waals surface area contributed by atoms with Crippen molar-refractivity contribution in [2.45, 2.75) is 52.4 Å². The molecule has 0 aliphatic rings. The third-order valence-electron chi connectivity index (χ3n) is 3.29. The van der Waals surface area contributed by atoms with Crippen LogP contribution in [-0.2, 0) is 9.59 Å². The molecular weight excluding hydrogens is 294 g/mol. The molecule has 0 heterocycles. The van der Waals surface area contributed by atoms with Crippen molar-refractivity contribution in [1.82, 2.24) is 10.9 Å². The molecule has 1 aromatic rings. The Bertz CT molecular complexity index is 526. The highest BCUT2D eigenvalue weighted by molar-refractivity contribution is 5.96. The zero-order valence-corrected chi connectivity index (χ0v) is 13.8. The molecule has 0 spiro atoms. The average molecular weight is 319 g/mol. The predicted octanol–water partition coefficient (Wildman–Crippen LogP) is 2.77. The number of hydrazine groups is 1. The topological polar surface area (TPSA) is 87.3 Å². The van der Waals surface area contributed by atoms with E-state index in [1.165, 1.54) is 19.8 Å². The summed E-state index contributed by atoms with van der Waals surface area (Å²) >= 11 is 0. The fourth-order valence-electron chi connectivity index (χ4n) is 2.06. The number of amides is 3. The summed E-state index contributed by atoms with van der Waals surface area (Å²) in [6, 6.07) is 6.42. The van der Waals surface area contributed by atoms with Gasteiger partial charge in [-0.1, -0.05) is 32.6 Å². The van der Waals surface area contributed by atoms with E-state index in [4.69, 9.17) is 0 Å². The molecule has 0 saturated carbocycles. The van der Waals surface area contributed by atoms with Crippen molar-refractivity contribution in [1.29, 1.82) is 0 Å². The SMILES string of the molecule is CCCCCCCC(=O)NNC(=O)c1ccc(NC(C)=O)cc1. The third-order valence-corrected chi connectivity index (χ3v) is 3.29. The van der Waals surface area contributed by atoms with Gasteiger partial charge in [-0.05, 0) is 30.7 Å². The Balaban J connectivity index is 2.30. The van der Waals surface area contributed by atoms with Crippen LogP contribution in [0, 0.1) is 0 Å². The van der Waals surface area contributed by atoms with Gasteiger partial charge in [0.15, 0.2) is 0 Å². The number of carbonyl (C=O) groups excluding carboxylic acids is 3. The van der Waals surface area contributed by atoms with Gasteiger partial charge in [-0.15, -0.1) is 0 Å². The van der Waals surface area contributed by atoms with Crippen molar-refractivity contribution >= 4 is 23.4 Å². The van der Waals surface area contributed by atoms with Crippen molar-refractivity contribution in [2.75, 3.05) is 5.32 Å². The standard InChI is InChI=1S/C17H25N3O3/c1-3-4-5-6-7-8-16(22)19-20-17(23)14-9-11-15(12-10-14)18-13(2)21/h9-12H,3-8H2,1-2H3,(H,18,21)(H,19,22)(H,20,23). The minimum atomic E-state index is -0.390. The van der Waals surface area contributed by atoms with Gasteiger partial charge in [0.2, 0.25) is 11.8 Å². The number of benzene rings is 1. The predicted molar refractivity (Wildman–Crippen MR) is 89.7 cm³/mol. The molecule has 0 unspecified atom stereocenters. The first-order valence-electron chi connectivity index (χ1n) is 7.99. The van der Waals surface area contributed by atoms with Gasteiger partial charge in [0, 0.05) is 24.6 Å². The van der Waals surface area contributed by atoms with E-state index in [1.807, 2.05) is 0 Å². The summed E-state index contributed by atoms with van der Waals surface area (Å²) in [4.78, 5) is 34.4. The maximum Gasteiger partial charge on any atom is 0.269 e. The van der Waals surface area contributed by atoms with E-state index >= 15 is 0 Å². The Labute approximate surface area is 137 Å². The number of carbonyl (C=O) groups is 3. The number of rotatable bonds is 8. The summed E-state index contributed by atoms with van der Waals surface area (Å²) < 4.78 is 0. The lowest BCUT2D eigenvalue weighted by molar-refractivity contribution is -0.122. The maximum absolute atomic E-state index is 11.9. The third kappa shape index (κ3) is 7.99. The van der Waals surface area contributed by atoms with E-state index in [-0.39, 0.29) is 11.8 Å². The Kier molecular flexibility index (Phi) is 8.42. The lowest BCUT2D eigenvalue weighted by atomic mass is 10.1. The van der Waals surface area contributed by atoms with Crippen molar-refractivity contribution < 1.29 is 14.4 Å². The molecule has 3 N–H and O–H groups in total. The van der Waals surface area contributed by atoms with E-state index in [9.17, 15) is 14.4 Å². The maximum atomic E-state index is 11.9. The van der Waals surface area contributed by atoms with Gasteiger partial charge in [-0.3, -0.25) is 25.2 Å². The van der Waals surface area contributed by atoms with Crippen LogP contribution in [0.4, 0.5) is 5.69 Å². The fraction of sp³-hybridized carbons (Fsp3) is 0.471. The number of anilines is 1. The highest BCUT2D eigenvalue weighted by Gasteiger charge is 2.07. The lowest BCUT2D eigenvalue weighted by Crippen LogP contribution is -2.41.